The molecule has 0 saturated carbocycles. The Balaban J connectivity index is 1.97. The molecule has 1 heterocycles. The van der Waals surface area contributed by atoms with E-state index in [1.165, 1.54) is 5.56 Å². The second kappa shape index (κ2) is 7.76. The monoisotopic (exact) mass is 343 g/mol. The Morgan fingerprint density at radius 2 is 1.80 bits per heavy atom. The molecule has 1 aromatic carbocycles. The van der Waals surface area contributed by atoms with Crippen molar-refractivity contribution in [2.24, 2.45) is 5.92 Å². The fraction of sp³-hybridized carbons (Fsp3) is 0.579. The zero-order valence-corrected chi connectivity index (χ0v) is 16.1. The van der Waals surface area contributed by atoms with Gasteiger partial charge in [0.1, 0.15) is 6.54 Å². The Morgan fingerprint density at radius 1 is 1.16 bits per heavy atom. The third kappa shape index (κ3) is 5.37. The maximum Gasteiger partial charge on any atom is 0.242 e. The first-order chi connectivity index (χ1) is 11.7. The first kappa shape index (κ1) is 19.1. The molecule has 6 heteroatoms. The Hall–Kier alpha value is -2.24. The lowest BCUT2D eigenvalue weighted by atomic mass is 9.96. The van der Waals surface area contributed by atoms with Gasteiger partial charge in [-0.1, -0.05) is 58.9 Å². The molecule has 1 N–H and O–H groups in total. The van der Waals surface area contributed by atoms with Crippen LogP contribution in [0.2, 0.25) is 0 Å². The van der Waals surface area contributed by atoms with Crippen molar-refractivity contribution in [2.45, 2.75) is 66.0 Å². The molecule has 1 amide bonds. The summed E-state index contributed by atoms with van der Waals surface area (Å²) >= 11 is 0. The largest absolute Gasteiger partial charge is 0.348 e. The van der Waals surface area contributed by atoms with Crippen LogP contribution < -0.4 is 5.32 Å². The van der Waals surface area contributed by atoms with E-state index in [1.807, 2.05) is 27.7 Å². The highest BCUT2D eigenvalue weighted by atomic mass is 16.2. The summed E-state index contributed by atoms with van der Waals surface area (Å²) in [7, 11) is 0. The van der Waals surface area contributed by atoms with Crippen molar-refractivity contribution >= 4 is 5.91 Å². The van der Waals surface area contributed by atoms with Crippen molar-refractivity contribution in [2.75, 3.05) is 0 Å². The fourth-order valence-electron chi connectivity index (χ4n) is 2.77. The van der Waals surface area contributed by atoms with E-state index in [9.17, 15) is 4.79 Å². The van der Waals surface area contributed by atoms with Crippen molar-refractivity contribution in [3.8, 4) is 0 Å². The normalized spacial score (nSPS) is 13.1. The summed E-state index contributed by atoms with van der Waals surface area (Å²) in [4.78, 5) is 12.4. The van der Waals surface area contributed by atoms with Gasteiger partial charge in [-0.05, 0) is 40.8 Å². The van der Waals surface area contributed by atoms with E-state index in [4.69, 9.17) is 0 Å². The van der Waals surface area contributed by atoms with Gasteiger partial charge in [0.05, 0.1) is 6.04 Å². The van der Waals surface area contributed by atoms with E-state index in [1.54, 1.807) is 4.68 Å². The molecule has 0 bridgehead atoms. The molecule has 0 radical (unpaired) electrons. The highest BCUT2D eigenvalue weighted by Gasteiger charge is 2.23. The fourth-order valence-corrected chi connectivity index (χ4v) is 2.77. The van der Waals surface area contributed by atoms with Gasteiger partial charge >= 0.3 is 0 Å². The lowest BCUT2D eigenvalue weighted by Crippen LogP contribution is -2.32. The third-order valence-corrected chi connectivity index (χ3v) is 4.00. The number of hydrogen-bond donors (Lipinski definition) is 1. The lowest BCUT2D eigenvalue weighted by molar-refractivity contribution is -0.122. The van der Waals surface area contributed by atoms with Crippen molar-refractivity contribution in [1.82, 2.24) is 25.5 Å². The minimum Gasteiger partial charge on any atom is -0.348 e. The molecule has 1 aromatic heterocycles. The lowest BCUT2D eigenvalue weighted by Gasteiger charge is -2.18. The van der Waals surface area contributed by atoms with E-state index < -0.39 is 0 Å². The Labute approximate surface area is 150 Å². The quantitative estimate of drug-likeness (QED) is 0.875. The van der Waals surface area contributed by atoms with Crippen LogP contribution >= 0.6 is 0 Å². The zero-order valence-electron chi connectivity index (χ0n) is 16.1. The van der Waals surface area contributed by atoms with Crippen molar-refractivity contribution in [3.63, 3.8) is 0 Å². The molecular formula is C19H29N5O. The van der Waals surface area contributed by atoms with Crippen LogP contribution in [0.15, 0.2) is 24.3 Å². The molecule has 0 fully saturated rings. The van der Waals surface area contributed by atoms with E-state index in [-0.39, 0.29) is 23.9 Å². The number of benzene rings is 1. The van der Waals surface area contributed by atoms with Crippen LogP contribution in [0.1, 0.15) is 64.5 Å². The Bertz CT molecular complexity index is 697. The molecule has 0 aliphatic rings. The number of carbonyl (C=O) groups is 1. The summed E-state index contributed by atoms with van der Waals surface area (Å²) in [5.74, 6) is 1.24. The number of amides is 1. The molecule has 136 valence electrons. The summed E-state index contributed by atoms with van der Waals surface area (Å²) in [6.07, 6.45) is 1.07. The molecule has 2 aromatic rings. The molecule has 25 heavy (non-hydrogen) atoms. The van der Waals surface area contributed by atoms with Gasteiger partial charge in [0.15, 0.2) is 5.82 Å². The average molecular weight is 343 g/mol. The van der Waals surface area contributed by atoms with E-state index in [0.29, 0.717) is 11.7 Å². The summed E-state index contributed by atoms with van der Waals surface area (Å²) in [6, 6.07) is 8.38. The zero-order chi connectivity index (χ0) is 18.6. The second-order valence-corrected chi connectivity index (χ2v) is 8.04. The number of aromatic nitrogens is 4. The first-order valence-corrected chi connectivity index (χ1v) is 8.81. The number of nitrogens with one attached hydrogen (secondary N) is 1. The molecular weight excluding hydrogens is 314 g/mol. The Morgan fingerprint density at radius 3 is 2.36 bits per heavy atom. The number of carbonyl (C=O) groups excluding carboxylic acids is 1. The number of nitrogens with zero attached hydrogens (tertiary/aromatic N) is 4. The number of tetrazole rings is 1. The maximum absolute atomic E-state index is 12.4. The minimum atomic E-state index is -0.207. The van der Waals surface area contributed by atoms with Crippen LogP contribution in [0.4, 0.5) is 0 Å². The van der Waals surface area contributed by atoms with Crippen LogP contribution in [-0.2, 0) is 23.2 Å². The van der Waals surface area contributed by atoms with Crippen LogP contribution in [0.5, 0.6) is 0 Å². The van der Waals surface area contributed by atoms with Gasteiger partial charge in [0, 0.05) is 5.41 Å². The minimum absolute atomic E-state index is 0.0600. The highest BCUT2D eigenvalue weighted by molar-refractivity contribution is 5.76. The smallest absolute Gasteiger partial charge is 0.242 e. The summed E-state index contributed by atoms with van der Waals surface area (Å²) in [5, 5.41) is 14.7. The molecule has 6 nitrogen and oxygen atoms in total. The second-order valence-electron chi connectivity index (χ2n) is 8.04. The van der Waals surface area contributed by atoms with Gasteiger partial charge in [0.25, 0.3) is 0 Å². The molecule has 0 aliphatic carbocycles. The number of rotatable bonds is 6. The molecule has 0 spiro atoms. The SMILES string of the molecule is CC(C)Cc1ccc(C(C)NC(=O)Cn2nnnc2C(C)(C)C)cc1. The van der Waals surface area contributed by atoms with E-state index in [2.05, 4.69) is 59.0 Å². The topological polar surface area (TPSA) is 72.7 Å². The summed E-state index contributed by atoms with van der Waals surface area (Å²) in [6.45, 7) is 12.6. The predicted molar refractivity (Wildman–Crippen MR) is 98.1 cm³/mol. The van der Waals surface area contributed by atoms with Gasteiger partial charge in [-0.15, -0.1) is 5.10 Å². The van der Waals surface area contributed by atoms with Gasteiger partial charge in [0.2, 0.25) is 5.91 Å². The third-order valence-electron chi connectivity index (χ3n) is 4.00. The van der Waals surface area contributed by atoms with Crippen molar-refractivity contribution in [1.29, 1.82) is 0 Å². The predicted octanol–water partition coefficient (Wildman–Crippen LogP) is 3.05. The molecule has 2 rings (SSSR count). The highest BCUT2D eigenvalue weighted by Crippen LogP contribution is 2.19. The van der Waals surface area contributed by atoms with Crippen molar-refractivity contribution in [3.05, 3.63) is 41.2 Å². The average Bonchev–Trinajstić information content (AvgIpc) is 2.95. The maximum atomic E-state index is 12.4. The molecule has 1 atom stereocenters. The van der Waals surface area contributed by atoms with Crippen LogP contribution in [0.3, 0.4) is 0 Å². The first-order valence-electron chi connectivity index (χ1n) is 8.81. The summed E-state index contributed by atoms with van der Waals surface area (Å²) in [5.41, 5.74) is 2.20. The van der Waals surface area contributed by atoms with Crippen LogP contribution in [-0.4, -0.2) is 26.1 Å². The van der Waals surface area contributed by atoms with Crippen LogP contribution in [0, 0.1) is 5.92 Å². The Kier molecular flexibility index (Phi) is 5.93. The van der Waals surface area contributed by atoms with E-state index in [0.717, 1.165) is 12.0 Å². The molecule has 1 unspecified atom stereocenters. The van der Waals surface area contributed by atoms with Gasteiger partial charge in [-0.3, -0.25) is 4.79 Å². The van der Waals surface area contributed by atoms with Crippen molar-refractivity contribution < 1.29 is 4.79 Å². The van der Waals surface area contributed by atoms with Gasteiger partial charge < -0.3 is 5.32 Å². The standard InChI is InChI=1S/C19H29N5O/c1-13(2)11-15-7-9-16(10-8-15)14(3)20-17(25)12-24-18(19(4,5)6)21-22-23-24/h7-10,13-14H,11-12H2,1-6H3,(H,20,25). The number of hydrogen-bond acceptors (Lipinski definition) is 4. The molecule has 0 aliphatic heterocycles. The van der Waals surface area contributed by atoms with E-state index >= 15 is 0 Å². The molecule has 0 saturated heterocycles. The van der Waals surface area contributed by atoms with Crippen LogP contribution in [0.25, 0.3) is 0 Å². The summed E-state index contributed by atoms with van der Waals surface area (Å²) < 4.78 is 1.56. The van der Waals surface area contributed by atoms with Gasteiger partial charge in [-0.25, -0.2) is 4.68 Å². The van der Waals surface area contributed by atoms with Gasteiger partial charge in [-0.2, -0.15) is 0 Å².